The molecule has 0 saturated carbocycles. The van der Waals surface area contributed by atoms with Gasteiger partial charge in [0.25, 0.3) is 5.91 Å². The second-order valence-corrected chi connectivity index (χ2v) is 4.69. The van der Waals surface area contributed by atoms with Crippen LogP contribution in [0.3, 0.4) is 0 Å². The van der Waals surface area contributed by atoms with E-state index >= 15 is 0 Å². The van der Waals surface area contributed by atoms with Crippen molar-refractivity contribution in [2.45, 2.75) is 33.2 Å². The van der Waals surface area contributed by atoms with E-state index in [1.54, 1.807) is 6.20 Å². The fraction of sp³-hybridized carbons (Fsp3) is 0.385. The van der Waals surface area contributed by atoms with Crippen LogP contribution < -0.4 is 5.32 Å². The lowest BCUT2D eigenvalue weighted by molar-refractivity contribution is 0.0941. The second kappa shape index (κ2) is 5.60. The average molecular weight is 259 g/mol. The molecule has 100 valence electrons. The van der Waals surface area contributed by atoms with Crippen molar-refractivity contribution in [3.8, 4) is 0 Å². The summed E-state index contributed by atoms with van der Waals surface area (Å²) in [5, 5.41) is 9.42. The Labute approximate surface area is 111 Å². The molecule has 2 aromatic rings. The van der Waals surface area contributed by atoms with Gasteiger partial charge in [-0.3, -0.25) is 14.9 Å². The minimum atomic E-state index is -0.288. The molecule has 0 atom stereocenters. The summed E-state index contributed by atoms with van der Waals surface area (Å²) in [5.41, 5.74) is 1.89. The summed E-state index contributed by atoms with van der Waals surface area (Å²) in [6, 6.07) is 3.84. The van der Waals surface area contributed by atoms with Crippen LogP contribution in [-0.2, 0) is 6.54 Å². The molecule has 2 heterocycles. The molecule has 0 fully saturated rings. The number of aryl methyl sites for hydroxylation is 1. The van der Waals surface area contributed by atoms with Gasteiger partial charge in [-0.05, 0) is 18.6 Å². The van der Waals surface area contributed by atoms with Crippen LogP contribution in [0.5, 0.6) is 0 Å². The Morgan fingerprint density at radius 1 is 1.42 bits per heavy atom. The zero-order chi connectivity index (χ0) is 13.8. The summed E-state index contributed by atoms with van der Waals surface area (Å²) in [4.78, 5) is 20.2. The van der Waals surface area contributed by atoms with Gasteiger partial charge in [0.05, 0.1) is 0 Å². The number of carbonyl (C=O) groups is 1. The van der Waals surface area contributed by atoms with E-state index in [1.807, 2.05) is 32.9 Å². The summed E-state index contributed by atoms with van der Waals surface area (Å²) >= 11 is 0. The van der Waals surface area contributed by atoms with Crippen molar-refractivity contribution in [3.63, 3.8) is 0 Å². The first-order valence-corrected chi connectivity index (χ1v) is 6.18. The van der Waals surface area contributed by atoms with E-state index in [-0.39, 0.29) is 17.6 Å². The van der Waals surface area contributed by atoms with E-state index in [0.29, 0.717) is 12.4 Å². The number of hydrogen-bond acceptors (Lipinski definition) is 4. The quantitative estimate of drug-likeness (QED) is 0.872. The fourth-order valence-corrected chi connectivity index (χ4v) is 1.50. The Morgan fingerprint density at radius 3 is 2.79 bits per heavy atom. The normalized spacial score (nSPS) is 10.7. The van der Waals surface area contributed by atoms with Crippen molar-refractivity contribution in [1.82, 2.24) is 25.5 Å². The molecule has 2 N–H and O–H groups in total. The molecule has 0 aliphatic rings. The number of H-pyrrole nitrogens is 1. The van der Waals surface area contributed by atoms with Crippen LogP contribution in [0.25, 0.3) is 0 Å². The molecule has 2 aromatic heterocycles. The van der Waals surface area contributed by atoms with Gasteiger partial charge in [0.15, 0.2) is 0 Å². The number of nitrogens with zero attached hydrogens (tertiary/aromatic N) is 3. The van der Waals surface area contributed by atoms with Gasteiger partial charge < -0.3 is 5.32 Å². The number of aromatic amines is 1. The Morgan fingerprint density at radius 2 is 2.21 bits per heavy atom. The monoisotopic (exact) mass is 259 g/mol. The number of aromatic nitrogens is 4. The third-order valence-corrected chi connectivity index (χ3v) is 2.68. The highest BCUT2D eigenvalue weighted by atomic mass is 16.2. The number of pyridine rings is 1. The number of amides is 1. The van der Waals surface area contributed by atoms with Crippen LogP contribution in [-0.4, -0.2) is 26.1 Å². The lowest BCUT2D eigenvalue weighted by atomic mass is 10.2. The molecule has 6 heteroatoms. The number of rotatable bonds is 4. The first-order chi connectivity index (χ1) is 9.06. The van der Waals surface area contributed by atoms with Crippen LogP contribution >= 0.6 is 0 Å². The smallest absolute Gasteiger partial charge is 0.291 e. The van der Waals surface area contributed by atoms with Crippen molar-refractivity contribution in [1.29, 1.82) is 0 Å². The maximum atomic E-state index is 11.8. The molecule has 6 nitrogen and oxygen atoms in total. The van der Waals surface area contributed by atoms with Gasteiger partial charge in [0, 0.05) is 24.4 Å². The van der Waals surface area contributed by atoms with E-state index in [4.69, 9.17) is 0 Å². The highest BCUT2D eigenvalue weighted by molar-refractivity contribution is 5.90. The Kier molecular flexibility index (Phi) is 3.89. The molecule has 0 unspecified atom stereocenters. The second-order valence-electron chi connectivity index (χ2n) is 4.69. The SMILES string of the molecule is Cc1ccc(CNC(=O)c2n[nH]c(C(C)C)n2)cn1. The maximum Gasteiger partial charge on any atom is 0.291 e. The third kappa shape index (κ3) is 3.37. The van der Waals surface area contributed by atoms with Crippen LogP contribution in [0, 0.1) is 6.92 Å². The summed E-state index contributed by atoms with van der Waals surface area (Å²) in [7, 11) is 0. The first-order valence-electron chi connectivity index (χ1n) is 6.18. The topological polar surface area (TPSA) is 83.6 Å². The largest absolute Gasteiger partial charge is 0.345 e. The molecule has 1 amide bonds. The average Bonchev–Trinajstić information content (AvgIpc) is 2.87. The Bertz CT molecular complexity index is 559. The predicted molar refractivity (Wildman–Crippen MR) is 70.6 cm³/mol. The summed E-state index contributed by atoms with van der Waals surface area (Å²) in [6.07, 6.45) is 1.74. The van der Waals surface area contributed by atoms with E-state index in [0.717, 1.165) is 11.3 Å². The molecular weight excluding hydrogens is 242 g/mol. The van der Waals surface area contributed by atoms with Crippen molar-refractivity contribution in [2.24, 2.45) is 0 Å². The van der Waals surface area contributed by atoms with Crippen LogP contribution in [0.1, 0.15) is 47.5 Å². The zero-order valence-electron chi connectivity index (χ0n) is 11.3. The van der Waals surface area contributed by atoms with E-state index in [2.05, 4.69) is 25.5 Å². The molecular formula is C13H17N5O. The van der Waals surface area contributed by atoms with Crippen molar-refractivity contribution < 1.29 is 4.79 Å². The Balaban J connectivity index is 1.95. The standard InChI is InChI=1S/C13H17N5O/c1-8(2)11-16-12(18-17-11)13(19)15-7-10-5-4-9(3)14-6-10/h4-6,8H,7H2,1-3H3,(H,15,19)(H,16,17,18). The lowest BCUT2D eigenvalue weighted by Gasteiger charge is -2.02. The Hall–Kier alpha value is -2.24. The highest BCUT2D eigenvalue weighted by Gasteiger charge is 2.13. The van der Waals surface area contributed by atoms with Gasteiger partial charge in [-0.1, -0.05) is 19.9 Å². The molecule has 2 rings (SSSR count). The molecule has 19 heavy (non-hydrogen) atoms. The summed E-state index contributed by atoms with van der Waals surface area (Å²) in [5.74, 6) is 0.810. The fourth-order valence-electron chi connectivity index (χ4n) is 1.50. The van der Waals surface area contributed by atoms with Crippen molar-refractivity contribution in [2.75, 3.05) is 0 Å². The summed E-state index contributed by atoms with van der Waals surface area (Å²) < 4.78 is 0. The van der Waals surface area contributed by atoms with Gasteiger partial charge in [0.1, 0.15) is 5.82 Å². The van der Waals surface area contributed by atoms with Gasteiger partial charge >= 0.3 is 0 Å². The zero-order valence-corrected chi connectivity index (χ0v) is 11.3. The molecule has 0 aliphatic carbocycles. The van der Waals surface area contributed by atoms with Crippen molar-refractivity contribution >= 4 is 5.91 Å². The highest BCUT2D eigenvalue weighted by Crippen LogP contribution is 2.07. The van der Waals surface area contributed by atoms with Gasteiger partial charge in [-0.25, -0.2) is 4.98 Å². The van der Waals surface area contributed by atoms with Gasteiger partial charge in [0.2, 0.25) is 5.82 Å². The molecule has 0 saturated heterocycles. The lowest BCUT2D eigenvalue weighted by Crippen LogP contribution is -2.24. The maximum absolute atomic E-state index is 11.8. The van der Waals surface area contributed by atoms with Gasteiger partial charge in [-0.15, -0.1) is 5.10 Å². The van der Waals surface area contributed by atoms with E-state index < -0.39 is 0 Å². The van der Waals surface area contributed by atoms with Crippen LogP contribution in [0.2, 0.25) is 0 Å². The van der Waals surface area contributed by atoms with E-state index in [1.165, 1.54) is 0 Å². The minimum absolute atomic E-state index is 0.170. The first kappa shape index (κ1) is 13.2. The number of nitrogens with one attached hydrogen (secondary N) is 2. The van der Waals surface area contributed by atoms with Crippen LogP contribution in [0.15, 0.2) is 18.3 Å². The molecule has 0 aliphatic heterocycles. The predicted octanol–water partition coefficient (Wildman–Crippen LogP) is 1.56. The molecule has 0 aromatic carbocycles. The molecule has 0 bridgehead atoms. The third-order valence-electron chi connectivity index (χ3n) is 2.68. The molecule has 0 radical (unpaired) electrons. The van der Waals surface area contributed by atoms with Crippen molar-refractivity contribution in [3.05, 3.63) is 41.2 Å². The molecule has 0 spiro atoms. The minimum Gasteiger partial charge on any atom is -0.345 e. The number of carbonyl (C=O) groups excluding carboxylic acids is 1. The van der Waals surface area contributed by atoms with E-state index in [9.17, 15) is 4.79 Å². The van der Waals surface area contributed by atoms with Gasteiger partial charge in [-0.2, -0.15) is 0 Å². The van der Waals surface area contributed by atoms with Crippen LogP contribution in [0.4, 0.5) is 0 Å². The summed E-state index contributed by atoms with van der Waals surface area (Å²) in [6.45, 7) is 6.31. The number of hydrogen-bond donors (Lipinski definition) is 2.